The molecule has 0 spiro atoms. The van der Waals surface area contributed by atoms with Gasteiger partial charge in [0.05, 0.1) is 23.8 Å². The van der Waals surface area contributed by atoms with Gasteiger partial charge in [0.2, 0.25) is 5.91 Å². The average Bonchev–Trinajstić information content (AvgIpc) is 3.41. The third-order valence-corrected chi connectivity index (χ3v) is 6.88. The lowest BCUT2D eigenvalue weighted by Gasteiger charge is -2.37. The molecule has 1 aromatic carbocycles. The molecule has 1 aromatic heterocycles. The lowest BCUT2D eigenvalue weighted by Crippen LogP contribution is -2.54. The van der Waals surface area contributed by atoms with Gasteiger partial charge in [0.25, 0.3) is 0 Å². The van der Waals surface area contributed by atoms with Crippen LogP contribution in [0.4, 0.5) is 5.69 Å². The summed E-state index contributed by atoms with van der Waals surface area (Å²) in [4.78, 5) is 19.4. The molecule has 1 saturated carbocycles. The standard InChI is InChI=1S/C21H28N6O3S/c1-26(2)11-9-22-20(30)15-12-16(28)18(29)17-19(15)31-21(25-17)24-13-4-6-14(7-5-13)27-10-3-8-23-27/h3-8,10,15-19,28-29H,9,11-12H2,1-2H3,(H,22,30)(H,24,25). The Morgan fingerprint density at radius 2 is 2.06 bits per heavy atom. The largest absolute Gasteiger partial charge is 0.390 e. The number of aromatic nitrogens is 2. The van der Waals surface area contributed by atoms with E-state index in [0.717, 1.165) is 17.9 Å². The van der Waals surface area contributed by atoms with Crippen molar-refractivity contribution >= 4 is 28.5 Å². The monoisotopic (exact) mass is 444 g/mol. The summed E-state index contributed by atoms with van der Waals surface area (Å²) in [6, 6.07) is 9.09. The van der Waals surface area contributed by atoms with Crippen molar-refractivity contribution in [2.45, 2.75) is 29.9 Å². The predicted molar refractivity (Wildman–Crippen MR) is 121 cm³/mol. The molecule has 2 aromatic rings. The summed E-state index contributed by atoms with van der Waals surface area (Å²) in [5, 5.41) is 31.6. The smallest absolute Gasteiger partial charge is 0.224 e. The number of nitrogens with one attached hydrogen (secondary N) is 2. The highest BCUT2D eigenvalue weighted by molar-refractivity contribution is 8.15. The molecule has 2 heterocycles. The molecule has 9 nitrogen and oxygen atoms in total. The second-order valence-electron chi connectivity index (χ2n) is 8.12. The maximum atomic E-state index is 12.8. The van der Waals surface area contributed by atoms with Crippen LogP contribution >= 0.6 is 11.8 Å². The molecule has 5 unspecified atom stereocenters. The van der Waals surface area contributed by atoms with Crippen LogP contribution in [-0.4, -0.2) is 86.7 Å². The van der Waals surface area contributed by atoms with E-state index in [1.54, 1.807) is 10.9 Å². The molecule has 166 valence electrons. The summed E-state index contributed by atoms with van der Waals surface area (Å²) < 4.78 is 1.78. The van der Waals surface area contributed by atoms with Crippen LogP contribution in [0.15, 0.2) is 47.7 Å². The van der Waals surface area contributed by atoms with Crippen LogP contribution in [0.25, 0.3) is 5.69 Å². The number of anilines is 1. The van der Waals surface area contributed by atoms with E-state index in [1.807, 2.05) is 55.5 Å². The van der Waals surface area contributed by atoms with Gasteiger partial charge in [0.1, 0.15) is 6.10 Å². The van der Waals surface area contributed by atoms with Crippen molar-refractivity contribution in [1.29, 1.82) is 0 Å². The van der Waals surface area contributed by atoms with Gasteiger partial charge in [-0.3, -0.25) is 9.79 Å². The number of fused-ring (bicyclic) bond motifs is 1. The molecular weight excluding hydrogens is 416 g/mol. The first-order valence-electron chi connectivity index (χ1n) is 10.3. The second-order valence-corrected chi connectivity index (χ2v) is 9.29. The minimum Gasteiger partial charge on any atom is -0.390 e. The van der Waals surface area contributed by atoms with Gasteiger partial charge >= 0.3 is 0 Å². The number of aliphatic hydroxyl groups is 2. The summed E-state index contributed by atoms with van der Waals surface area (Å²) >= 11 is 1.45. The van der Waals surface area contributed by atoms with Gasteiger partial charge in [-0.15, -0.1) is 0 Å². The van der Waals surface area contributed by atoms with E-state index in [4.69, 9.17) is 0 Å². The lowest BCUT2D eigenvalue weighted by atomic mass is 9.81. The van der Waals surface area contributed by atoms with Gasteiger partial charge in [-0.1, -0.05) is 11.8 Å². The quantitative estimate of drug-likeness (QED) is 0.514. The summed E-state index contributed by atoms with van der Waals surface area (Å²) in [7, 11) is 3.90. The van der Waals surface area contributed by atoms with Crippen LogP contribution < -0.4 is 10.6 Å². The number of nitrogens with zero attached hydrogens (tertiary/aromatic N) is 4. The van der Waals surface area contributed by atoms with Crippen molar-refractivity contribution in [1.82, 2.24) is 20.0 Å². The Labute approximate surface area is 185 Å². The Kier molecular flexibility index (Phi) is 6.61. The van der Waals surface area contributed by atoms with E-state index in [1.165, 1.54) is 11.8 Å². The zero-order valence-corrected chi connectivity index (χ0v) is 18.4. The van der Waals surface area contributed by atoms with E-state index in [-0.39, 0.29) is 17.6 Å². The van der Waals surface area contributed by atoms with E-state index < -0.39 is 24.2 Å². The molecule has 2 aliphatic rings. The Morgan fingerprint density at radius 3 is 2.74 bits per heavy atom. The summed E-state index contributed by atoms with van der Waals surface area (Å²) in [6.07, 6.45) is 1.88. The van der Waals surface area contributed by atoms with Crippen LogP contribution in [0.3, 0.4) is 0 Å². The third kappa shape index (κ3) is 4.93. The van der Waals surface area contributed by atoms with Crippen molar-refractivity contribution < 1.29 is 15.0 Å². The van der Waals surface area contributed by atoms with E-state index in [9.17, 15) is 15.0 Å². The highest BCUT2D eigenvalue weighted by Gasteiger charge is 2.50. The van der Waals surface area contributed by atoms with Gasteiger partial charge in [-0.05, 0) is 50.8 Å². The van der Waals surface area contributed by atoms with Gasteiger partial charge in [0, 0.05) is 36.4 Å². The zero-order valence-electron chi connectivity index (χ0n) is 17.5. The number of amidine groups is 1. The molecule has 1 aliphatic carbocycles. The molecular formula is C21H28N6O3S. The number of thioether (sulfide) groups is 1. The predicted octanol–water partition coefficient (Wildman–Crippen LogP) is 0.544. The van der Waals surface area contributed by atoms with Crippen molar-refractivity contribution in [2.75, 3.05) is 32.5 Å². The van der Waals surface area contributed by atoms with Gasteiger partial charge in [0.15, 0.2) is 5.17 Å². The van der Waals surface area contributed by atoms with Crippen LogP contribution in [0, 0.1) is 5.92 Å². The first kappa shape index (κ1) is 21.8. The Morgan fingerprint density at radius 1 is 1.29 bits per heavy atom. The van der Waals surface area contributed by atoms with Gasteiger partial charge < -0.3 is 25.7 Å². The van der Waals surface area contributed by atoms with Crippen molar-refractivity contribution in [3.05, 3.63) is 42.7 Å². The first-order chi connectivity index (χ1) is 14.9. The van der Waals surface area contributed by atoms with Crippen LogP contribution in [0.1, 0.15) is 6.42 Å². The van der Waals surface area contributed by atoms with Crippen molar-refractivity contribution in [3.63, 3.8) is 0 Å². The SMILES string of the molecule is CN(C)CCNC(=O)C1CC(O)C(O)C2N=C(Nc3ccc(-n4cccn4)cc3)SC12. The normalized spacial score (nSPS) is 27.6. The highest BCUT2D eigenvalue weighted by atomic mass is 32.2. The molecule has 0 saturated heterocycles. The fourth-order valence-corrected chi connectivity index (χ4v) is 5.26. The zero-order chi connectivity index (χ0) is 22.0. The Bertz CT molecular complexity index is 918. The van der Waals surface area contributed by atoms with E-state index >= 15 is 0 Å². The summed E-state index contributed by atoms with van der Waals surface area (Å²) in [6.45, 7) is 1.28. The molecule has 10 heteroatoms. The Hall–Kier alpha value is -2.40. The van der Waals surface area contributed by atoms with Crippen LogP contribution in [0.5, 0.6) is 0 Å². The second kappa shape index (κ2) is 9.39. The minimum atomic E-state index is -0.982. The Balaban J connectivity index is 1.42. The minimum absolute atomic E-state index is 0.102. The van der Waals surface area contributed by atoms with E-state index in [0.29, 0.717) is 11.7 Å². The number of carbonyl (C=O) groups excluding carboxylic acids is 1. The molecule has 1 fully saturated rings. The fourth-order valence-electron chi connectivity index (χ4n) is 3.88. The molecule has 5 atom stereocenters. The number of benzene rings is 1. The van der Waals surface area contributed by atoms with Crippen molar-refractivity contribution in [2.24, 2.45) is 10.9 Å². The first-order valence-corrected chi connectivity index (χ1v) is 11.2. The highest BCUT2D eigenvalue weighted by Crippen LogP contribution is 2.41. The third-order valence-electron chi connectivity index (χ3n) is 5.57. The summed E-state index contributed by atoms with van der Waals surface area (Å²) in [5.41, 5.74) is 1.79. The topological polar surface area (TPSA) is 115 Å². The van der Waals surface area contributed by atoms with Crippen LogP contribution in [-0.2, 0) is 4.79 Å². The van der Waals surface area contributed by atoms with Gasteiger partial charge in [-0.25, -0.2) is 4.68 Å². The number of hydrogen-bond donors (Lipinski definition) is 4. The summed E-state index contributed by atoms with van der Waals surface area (Å²) in [5.74, 6) is -0.517. The number of rotatable bonds is 6. The van der Waals surface area contributed by atoms with E-state index in [2.05, 4.69) is 20.7 Å². The number of aliphatic hydroxyl groups excluding tert-OH is 2. The van der Waals surface area contributed by atoms with Crippen LogP contribution in [0.2, 0.25) is 0 Å². The van der Waals surface area contributed by atoms with Gasteiger partial charge in [-0.2, -0.15) is 5.10 Å². The van der Waals surface area contributed by atoms with Crippen molar-refractivity contribution in [3.8, 4) is 5.69 Å². The molecule has 0 radical (unpaired) electrons. The maximum Gasteiger partial charge on any atom is 0.224 e. The molecule has 31 heavy (non-hydrogen) atoms. The number of hydrogen-bond acceptors (Lipinski definition) is 8. The fraction of sp³-hybridized carbons (Fsp3) is 0.476. The molecule has 1 aliphatic heterocycles. The average molecular weight is 445 g/mol. The molecule has 4 N–H and O–H groups in total. The number of carbonyl (C=O) groups is 1. The molecule has 0 bridgehead atoms. The number of likely N-dealkylation sites (N-methyl/N-ethyl adjacent to an activating group) is 1. The lowest BCUT2D eigenvalue weighted by molar-refractivity contribution is -0.129. The molecule has 4 rings (SSSR count). The maximum absolute atomic E-state index is 12.8. The molecule has 1 amide bonds. The number of amides is 1. The number of aliphatic imine (C=N–C) groups is 1.